The molecule has 1 aromatic heterocycles. The van der Waals surface area contributed by atoms with Gasteiger partial charge in [0.15, 0.2) is 5.16 Å². The van der Waals surface area contributed by atoms with Crippen LogP contribution in [0.1, 0.15) is 11.1 Å². The van der Waals surface area contributed by atoms with E-state index in [9.17, 15) is 0 Å². The summed E-state index contributed by atoms with van der Waals surface area (Å²) in [6, 6.07) is 5.86. The average molecular weight is 280 g/mol. The Kier molecular flexibility index (Phi) is 4.58. The van der Waals surface area contributed by atoms with Crippen molar-refractivity contribution in [3.8, 4) is 0 Å². The summed E-state index contributed by atoms with van der Waals surface area (Å²) in [5.41, 5.74) is 2.21. The Bertz CT molecular complexity index is 528. The van der Waals surface area contributed by atoms with Crippen LogP contribution in [0, 0.1) is 6.92 Å². The fraction of sp³-hybridized carbons (Fsp3) is 0.231. The van der Waals surface area contributed by atoms with E-state index in [1.165, 1.54) is 0 Å². The van der Waals surface area contributed by atoms with Gasteiger partial charge in [-0.05, 0) is 55.1 Å². The van der Waals surface area contributed by atoms with Crippen LogP contribution in [0.2, 0.25) is 5.02 Å². The van der Waals surface area contributed by atoms with Gasteiger partial charge in [-0.3, -0.25) is 0 Å². The van der Waals surface area contributed by atoms with Crippen LogP contribution in [0.5, 0.6) is 0 Å². The lowest BCUT2D eigenvalue weighted by atomic mass is 10.2. The van der Waals surface area contributed by atoms with Crippen molar-refractivity contribution < 1.29 is 0 Å². The summed E-state index contributed by atoms with van der Waals surface area (Å²) >= 11 is 7.56. The van der Waals surface area contributed by atoms with E-state index in [4.69, 9.17) is 11.6 Å². The lowest BCUT2D eigenvalue weighted by molar-refractivity contribution is 0.802. The second kappa shape index (κ2) is 6.18. The lowest BCUT2D eigenvalue weighted by Crippen LogP contribution is -2.06. The van der Waals surface area contributed by atoms with Gasteiger partial charge in [0.2, 0.25) is 0 Å². The van der Waals surface area contributed by atoms with E-state index in [1.807, 2.05) is 44.6 Å². The molecule has 3 nitrogen and oxygen atoms in total. The SMILES string of the molecule is CNCc1cc(Cl)ccc1Sc1ncc(C)cn1. The van der Waals surface area contributed by atoms with E-state index < -0.39 is 0 Å². The number of benzene rings is 1. The normalized spacial score (nSPS) is 10.6. The molecule has 0 aliphatic rings. The molecule has 0 atom stereocenters. The maximum absolute atomic E-state index is 6.01. The summed E-state index contributed by atoms with van der Waals surface area (Å²) in [5.74, 6) is 0. The highest BCUT2D eigenvalue weighted by Crippen LogP contribution is 2.29. The van der Waals surface area contributed by atoms with Crippen molar-refractivity contribution in [2.75, 3.05) is 7.05 Å². The second-order valence-electron chi connectivity index (χ2n) is 3.93. The molecule has 2 aromatic rings. The molecule has 5 heteroatoms. The summed E-state index contributed by atoms with van der Waals surface area (Å²) in [6.07, 6.45) is 3.64. The number of hydrogen-bond acceptors (Lipinski definition) is 4. The van der Waals surface area contributed by atoms with Crippen LogP contribution >= 0.6 is 23.4 Å². The smallest absolute Gasteiger partial charge is 0.192 e. The Hall–Kier alpha value is -1.10. The molecule has 0 radical (unpaired) electrons. The Morgan fingerprint density at radius 3 is 2.67 bits per heavy atom. The zero-order chi connectivity index (χ0) is 13.0. The second-order valence-corrected chi connectivity index (χ2v) is 5.37. The van der Waals surface area contributed by atoms with Crippen LogP contribution in [0.15, 0.2) is 40.6 Å². The third-order valence-corrected chi connectivity index (χ3v) is 3.59. The molecule has 2 rings (SSSR count). The van der Waals surface area contributed by atoms with Gasteiger partial charge in [-0.2, -0.15) is 0 Å². The minimum atomic E-state index is 0.745. The third-order valence-electron chi connectivity index (χ3n) is 2.35. The van der Waals surface area contributed by atoms with Gasteiger partial charge in [0.25, 0.3) is 0 Å². The summed E-state index contributed by atoms with van der Waals surface area (Å²) in [5, 5.41) is 4.63. The quantitative estimate of drug-likeness (QED) is 0.872. The first kappa shape index (κ1) is 13.3. The maximum Gasteiger partial charge on any atom is 0.192 e. The van der Waals surface area contributed by atoms with E-state index >= 15 is 0 Å². The largest absolute Gasteiger partial charge is 0.316 e. The highest BCUT2D eigenvalue weighted by Gasteiger charge is 2.06. The van der Waals surface area contributed by atoms with Crippen molar-refractivity contribution in [2.24, 2.45) is 0 Å². The van der Waals surface area contributed by atoms with E-state index in [1.54, 1.807) is 11.8 Å². The Labute approximate surface area is 116 Å². The molecular formula is C13H14ClN3S. The van der Waals surface area contributed by atoms with Crippen LogP contribution in [0.4, 0.5) is 0 Å². The first-order chi connectivity index (χ1) is 8.69. The zero-order valence-electron chi connectivity index (χ0n) is 10.3. The Balaban J connectivity index is 2.25. The van der Waals surface area contributed by atoms with Crippen molar-refractivity contribution in [1.29, 1.82) is 0 Å². The summed E-state index contributed by atoms with van der Waals surface area (Å²) in [4.78, 5) is 9.71. The molecule has 0 amide bonds. The average Bonchev–Trinajstić information content (AvgIpc) is 2.36. The molecule has 1 aromatic carbocycles. The van der Waals surface area contributed by atoms with E-state index in [0.717, 1.165) is 32.7 Å². The first-order valence-electron chi connectivity index (χ1n) is 5.58. The molecule has 94 valence electrons. The molecule has 0 bridgehead atoms. The van der Waals surface area contributed by atoms with Gasteiger partial charge in [0.05, 0.1) is 0 Å². The van der Waals surface area contributed by atoms with Crippen LogP contribution in [-0.2, 0) is 6.54 Å². The monoisotopic (exact) mass is 279 g/mol. The molecule has 1 heterocycles. The van der Waals surface area contributed by atoms with Crippen molar-refractivity contribution in [3.05, 3.63) is 46.7 Å². The summed E-state index contributed by atoms with van der Waals surface area (Å²) in [7, 11) is 1.91. The topological polar surface area (TPSA) is 37.8 Å². The molecule has 1 N–H and O–H groups in total. The lowest BCUT2D eigenvalue weighted by Gasteiger charge is -2.08. The first-order valence-corrected chi connectivity index (χ1v) is 6.78. The van der Waals surface area contributed by atoms with E-state index in [0.29, 0.717) is 0 Å². The molecule has 0 saturated carbocycles. The van der Waals surface area contributed by atoms with Crippen LogP contribution in [-0.4, -0.2) is 17.0 Å². The van der Waals surface area contributed by atoms with Gasteiger partial charge < -0.3 is 5.32 Å². The maximum atomic E-state index is 6.01. The number of halogens is 1. The number of aromatic nitrogens is 2. The molecule has 0 saturated heterocycles. The predicted octanol–water partition coefficient (Wildman–Crippen LogP) is 3.31. The van der Waals surface area contributed by atoms with E-state index in [-0.39, 0.29) is 0 Å². The predicted molar refractivity (Wildman–Crippen MR) is 75.1 cm³/mol. The molecule has 0 aliphatic carbocycles. The third kappa shape index (κ3) is 3.45. The zero-order valence-corrected chi connectivity index (χ0v) is 11.8. The van der Waals surface area contributed by atoms with Crippen molar-refractivity contribution >= 4 is 23.4 Å². The van der Waals surface area contributed by atoms with E-state index in [2.05, 4.69) is 15.3 Å². The Morgan fingerprint density at radius 1 is 1.28 bits per heavy atom. The highest BCUT2D eigenvalue weighted by atomic mass is 35.5. The molecule has 0 fully saturated rings. The minimum Gasteiger partial charge on any atom is -0.316 e. The number of aryl methyl sites for hydroxylation is 1. The number of rotatable bonds is 4. The van der Waals surface area contributed by atoms with Gasteiger partial charge in [-0.25, -0.2) is 9.97 Å². The molecule has 0 aliphatic heterocycles. The van der Waals surface area contributed by atoms with Crippen LogP contribution < -0.4 is 5.32 Å². The Morgan fingerprint density at radius 2 is 2.00 bits per heavy atom. The summed E-state index contributed by atoms with van der Waals surface area (Å²) < 4.78 is 0. The molecule has 18 heavy (non-hydrogen) atoms. The summed E-state index contributed by atoms with van der Waals surface area (Å²) in [6.45, 7) is 2.75. The molecular weight excluding hydrogens is 266 g/mol. The fourth-order valence-corrected chi connectivity index (χ4v) is 2.51. The van der Waals surface area contributed by atoms with Crippen LogP contribution in [0.3, 0.4) is 0 Å². The van der Waals surface area contributed by atoms with Gasteiger partial charge in [-0.1, -0.05) is 11.6 Å². The standard InChI is InChI=1S/C13H14ClN3S/c1-9-6-16-13(17-7-9)18-12-4-3-11(14)5-10(12)8-15-2/h3-7,15H,8H2,1-2H3. The van der Waals surface area contributed by atoms with Gasteiger partial charge in [-0.15, -0.1) is 0 Å². The highest BCUT2D eigenvalue weighted by molar-refractivity contribution is 7.99. The van der Waals surface area contributed by atoms with Gasteiger partial charge in [0, 0.05) is 28.9 Å². The van der Waals surface area contributed by atoms with Crippen LogP contribution in [0.25, 0.3) is 0 Å². The number of nitrogens with zero attached hydrogens (tertiary/aromatic N) is 2. The van der Waals surface area contributed by atoms with Gasteiger partial charge >= 0.3 is 0 Å². The molecule has 0 unspecified atom stereocenters. The fourth-order valence-electron chi connectivity index (χ4n) is 1.51. The van der Waals surface area contributed by atoms with Crippen molar-refractivity contribution in [1.82, 2.24) is 15.3 Å². The van der Waals surface area contributed by atoms with Crippen molar-refractivity contribution in [3.63, 3.8) is 0 Å². The number of nitrogens with one attached hydrogen (secondary N) is 1. The van der Waals surface area contributed by atoms with Crippen molar-refractivity contribution in [2.45, 2.75) is 23.5 Å². The van der Waals surface area contributed by atoms with Gasteiger partial charge in [0.1, 0.15) is 0 Å². The minimum absolute atomic E-state index is 0.745. The number of hydrogen-bond donors (Lipinski definition) is 1. The molecule has 0 spiro atoms.